The first kappa shape index (κ1) is 14.3. The van der Waals surface area contributed by atoms with Crippen molar-refractivity contribution < 1.29 is 8.42 Å². The van der Waals surface area contributed by atoms with Crippen LogP contribution in [0.25, 0.3) is 0 Å². The summed E-state index contributed by atoms with van der Waals surface area (Å²) in [5.41, 5.74) is 1.83. The van der Waals surface area contributed by atoms with Gasteiger partial charge in [0.1, 0.15) is 0 Å². The molecule has 1 fully saturated rings. The summed E-state index contributed by atoms with van der Waals surface area (Å²) in [7, 11) is -3.24. The van der Waals surface area contributed by atoms with Crippen LogP contribution in [0.2, 0.25) is 0 Å². The lowest BCUT2D eigenvalue weighted by Gasteiger charge is -2.23. The Morgan fingerprint density at radius 2 is 2.11 bits per heavy atom. The molecule has 0 aliphatic heterocycles. The highest BCUT2D eigenvalue weighted by atomic mass is 32.2. The first-order valence-corrected chi connectivity index (χ1v) is 8.44. The minimum Gasteiger partial charge on any atom is -0.313 e. The smallest absolute Gasteiger partial charge is 0.236 e. The summed E-state index contributed by atoms with van der Waals surface area (Å²) < 4.78 is 26.2. The van der Waals surface area contributed by atoms with E-state index in [4.69, 9.17) is 0 Å². The predicted molar refractivity (Wildman–Crippen MR) is 79.0 cm³/mol. The molecule has 19 heavy (non-hydrogen) atoms. The molecule has 0 radical (unpaired) electrons. The highest BCUT2D eigenvalue weighted by molar-refractivity contribution is 7.92. The fourth-order valence-electron chi connectivity index (χ4n) is 2.11. The molecule has 0 spiro atoms. The van der Waals surface area contributed by atoms with Crippen LogP contribution < -0.4 is 9.62 Å². The first-order valence-electron chi connectivity index (χ1n) is 6.83. The molecule has 1 aromatic rings. The van der Waals surface area contributed by atoms with E-state index in [0.717, 1.165) is 11.3 Å². The maximum absolute atomic E-state index is 12.4. The third kappa shape index (κ3) is 3.94. The molecule has 1 aliphatic rings. The number of aryl methyl sites for hydroxylation is 1. The van der Waals surface area contributed by atoms with Gasteiger partial charge in [0, 0.05) is 19.1 Å². The molecular formula is C14H22N2O2S. The second-order valence-corrected chi connectivity index (χ2v) is 7.06. The lowest BCUT2D eigenvalue weighted by molar-refractivity contribution is 0.586. The van der Waals surface area contributed by atoms with Crippen molar-refractivity contribution >= 4 is 15.7 Å². The molecule has 0 bridgehead atoms. The van der Waals surface area contributed by atoms with Gasteiger partial charge in [0.2, 0.25) is 10.0 Å². The zero-order valence-corrected chi connectivity index (χ0v) is 12.4. The summed E-state index contributed by atoms with van der Waals surface area (Å²) in [5, 5.41) is 3.25. The summed E-state index contributed by atoms with van der Waals surface area (Å²) in [6.07, 6.45) is 2.35. The van der Waals surface area contributed by atoms with Crippen LogP contribution >= 0.6 is 0 Å². The van der Waals surface area contributed by atoms with Crippen LogP contribution in [0.4, 0.5) is 5.69 Å². The van der Waals surface area contributed by atoms with Crippen LogP contribution in [-0.2, 0) is 10.0 Å². The second kappa shape index (κ2) is 5.92. The molecule has 0 amide bonds. The SMILES string of the molecule is CCN(c1cccc(C)c1)S(=O)(=O)CCNC1CC1. The number of rotatable bonds is 7. The standard InChI is InChI=1S/C14H22N2O2S/c1-3-16(14-6-4-5-12(2)11-14)19(17,18)10-9-15-13-7-8-13/h4-6,11,13,15H,3,7-10H2,1-2H3. The summed E-state index contributed by atoms with van der Waals surface area (Å²) in [6.45, 7) is 4.84. The zero-order chi connectivity index (χ0) is 13.9. The van der Waals surface area contributed by atoms with Gasteiger partial charge < -0.3 is 5.32 Å². The van der Waals surface area contributed by atoms with Gasteiger partial charge in [-0.25, -0.2) is 8.42 Å². The van der Waals surface area contributed by atoms with Gasteiger partial charge in [-0.2, -0.15) is 0 Å². The Labute approximate surface area is 115 Å². The molecule has 0 atom stereocenters. The molecule has 1 aliphatic carbocycles. The topological polar surface area (TPSA) is 49.4 Å². The van der Waals surface area contributed by atoms with Crippen LogP contribution in [0.1, 0.15) is 25.3 Å². The number of hydrogen-bond acceptors (Lipinski definition) is 3. The van der Waals surface area contributed by atoms with E-state index in [2.05, 4.69) is 5.32 Å². The van der Waals surface area contributed by atoms with Gasteiger partial charge in [0.15, 0.2) is 0 Å². The summed E-state index contributed by atoms with van der Waals surface area (Å²) in [5.74, 6) is 0.158. The maximum Gasteiger partial charge on any atom is 0.236 e. The molecule has 0 unspecified atom stereocenters. The van der Waals surface area contributed by atoms with Crippen molar-refractivity contribution in [2.45, 2.75) is 32.7 Å². The van der Waals surface area contributed by atoms with E-state index >= 15 is 0 Å². The van der Waals surface area contributed by atoms with E-state index in [-0.39, 0.29) is 5.75 Å². The number of sulfonamides is 1. The Balaban J connectivity index is 2.05. The quantitative estimate of drug-likeness (QED) is 0.831. The van der Waals surface area contributed by atoms with Gasteiger partial charge in [-0.1, -0.05) is 12.1 Å². The van der Waals surface area contributed by atoms with Gasteiger partial charge in [-0.15, -0.1) is 0 Å². The number of nitrogens with zero attached hydrogens (tertiary/aromatic N) is 1. The number of nitrogens with one attached hydrogen (secondary N) is 1. The van der Waals surface area contributed by atoms with E-state index in [0.29, 0.717) is 19.1 Å². The fraction of sp³-hybridized carbons (Fsp3) is 0.571. The van der Waals surface area contributed by atoms with E-state index in [9.17, 15) is 8.42 Å². The molecule has 1 saturated carbocycles. The largest absolute Gasteiger partial charge is 0.313 e. The number of hydrogen-bond donors (Lipinski definition) is 1. The van der Waals surface area contributed by atoms with Crippen LogP contribution in [0.3, 0.4) is 0 Å². The van der Waals surface area contributed by atoms with Gasteiger partial charge in [-0.3, -0.25) is 4.31 Å². The Morgan fingerprint density at radius 1 is 1.37 bits per heavy atom. The molecule has 1 aromatic carbocycles. The van der Waals surface area contributed by atoms with Crippen molar-refractivity contribution in [2.24, 2.45) is 0 Å². The molecule has 2 rings (SSSR count). The van der Waals surface area contributed by atoms with Gasteiger partial charge in [0.25, 0.3) is 0 Å². The maximum atomic E-state index is 12.4. The third-order valence-corrected chi connectivity index (χ3v) is 5.14. The molecule has 4 nitrogen and oxygen atoms in total. The third-order valence-electron chi connectivity index (χ3n) is 3.28. The van der Waals surface area contributed by atoms with Crippen molar-refractivity contribution in [1.29, 1.82) is 0 Å². The Hall–Kier alpha value is -1.07. The average Bonchev–Trinajstić information content (AvgIpc) is 3.13. The molecule has 1 N–H and O–H groups in total. The van der Waals surface area contributed by atoms with Crippen LogP contribution in [0.5, 0.6) is 0 Å². The molecule has 0 aromatic heterocycles. The molecular weight excluding hydrogens is 260 g/mol. The van der Waals surface area contributed by atoms with Crippen LogP contribution in [0, 0.1) is 6.92 Å². The molecule has 0 saturated heterocycles. The Morgan fingerprint density at radius 3 is 2.68 bits per heavy atom. The van der Waals surface area contributed by atoms with Gasteiger partial charge >= 0.3 is 0 Å². The van der Waals surface area contributed by atoms with Crippen molar-refractivity contribution in [3.05, 3.63) is 29.8 Å². The van der Waals surface area contributed by atoms with Crippen molar-refractivity contribution in [1.82, 2.24) is 5.32 Å². The van der Waals surface area contributed by atoms with E-state index < -0.39 is 10.0 Å². The minimum atomic E-state index is -3.24. The highest BCUT2D eigenvalue weighted by Gasteiger charge is 2.24. The number of anilines is 1. The van der Waals surface area contributed by atoms with Crippen molar-refractivity contribution in [3.8, 4) is 0 Å². The normalized spacial score (nSPS) is 15.5. The van der Waals surface area contributed by atoms with E-state index in [1.54, 1.807) is 0 Å². The predicted octanol–water partition coefficient (Wildman–Crippen LogP) is 1.90. The van der Waals surface area contributed by atoms with Crippen molar-refractivity contribution in [2.75, 3.05) is 23.1 Å². The lowest BCUT2D eigenvalue weighted by atomic mass is 10.2. The fourth-order valence-corrected chi connectivity index (χ4v) is 3.54. The lowest BCUT2D eigenvalue weighted by Crippen LogP contribution is -2.36. The monoisotopic (exact) mass is 282 g/mol. The van der Waals surface area contributed by atoms with Crippen molar-refractivity contribution in [3.63, 3.8) is 0 Å². The van der Waals surface area contributed by atoms with Crippen LogP contribution in [-0.4, -0.2) is 33.3 Å². The average molecular weight is 282 g/mol. The zero-order valence-electron chi connectivity index (χ0n) is 11.6. The summed E-state index contributed by atoms with van der Waals surface area (Å²) >= 11 is 0. The molecule has 106 valence electrons. The summed E-state index contributed by atoms with van der Waals surface area (Å²) in [6, 6.07) is 8.17. The molecule has 5 heteroatoms. The van der Waals surface area contributed by atoms with Gasteiger partial charge in [0.05, 0.1) is 11.4 Å². The molecule has 0 heterocycles. The van der Waals surface area contributed by atoms with Crippen LogP contribution in [0.15, 0.2) is 24.3 Å². The van der Waals surface area contributed by atoms with E-state index in [1.807, 2.05) is 38.1 Å². The first-order chi connectivity index (χ1) is 9.03. The summed E-state index contributed by atoms with van der Waals surface area (Å²) in [4.78, 5) is 0. The van der Waals surface area contributed by atoms with E-state index in [1.165, 1.54) is 17.1 Å². The minimum absolute atomic E-state index is 0.158. The highest BCUT2D eigenvalue weighted by Crippen LogP contribution is 2.20. The second-order valence-electron chi connectivity index (χ2n) is 5.05. The van der Waals surface area contributed by atoms with Gasteiger partial charge in [-0.05, 0) is 44.4 Å². The Bertz CT molecular complexity index is 524. The Kier molecular flexibility index (Phi) is 4.47. The number of benzene rings is 1.